The molecule has 7 heteroatoms. The molecule has 96 valence electrons. The smallest absolute Gasteiger partial charge is 0.343 e. The van der Waals surface area contributed by atoms with E-state index in [2.05, 4.69) is 4.98 Å². The number of benzene rings is 1. The maximum absolute atomic E-state index is 11.7. The van der Waals surface area contributed by atoms with E-state index in [1.807, 2.05) is 0 Å². The van der Waals surface area contributed by atoms with Crippen LogP contribution in [-0.2, 0) is 0 Å². The Morgan fingerprint density at radius 1 is 1.26 bits per heavy atom. The van der Waals surface area contributed by atoms with Crippen molar-refractivity contribution < 1.29 is 14.5 Å². The molecule has 2 rings (SSSR count). The Morgan fingerprint density at radius 2 is 1.95 bits per heavy atom. The number of hydrogen-bond acceptors (Lipinski definition) is 5. The molecule has 2 aromatic rings. The minimum absolute atomic E-state index is 0.0926. The second-order valence-corrected chi connectivity index (χ2v) is 3.90. The summed E-state index contributed by atoms with van der Waals surface area (Å²) in [5.74, 6) is -0.454. The van der Waals surface area contributed by atoms with Gasteiger partial charge in [-0.3, -0.25) is 15.1 Å². The fraction of sp³-hybridized carbons (Fsp3) is 0. The summed E-state index contributed by atoms with van der Waals surface area (Å²) in [7, 11) is 0. The number of esters is 1. The summed E-state index contributed by atoms with van der Waals surface area (Å²) in [6, 6.07) is 6.70. The van der Waals surface area contributed by atoms with Crippen LogP contribution in [-0.4, -0.2) is 15.9 Å². The van der Waals surface area contributed by atoms with Crippen LogP contribution in [0.15, 0.2) is 42.7 Å². The van der Waals surface area contributed by atoms with Crippen molar-refractivity contribution in [2.75, 3.05) is 0 Å². The molecule has 0 spiro atoms. The van der Waals surface area contributed by atoms with Crippen molar-refractivity contribution in [1.82, 2.24) is 4.98 Å². The molecule has 0 radical (unpaired) electrons. The van der Waals surface area contributed by atoms with Crippen LogP contribution in [0.5, 0.6) is 5.75 Å². The molecule has 0 amide bonds. The number of carbonyl (C=O) groups excluding carboxylic acids is 1. The number of nitro groups is 1. The molecule has 1 aromatic heterocycles. The number of aromatic nitrogens is 1. The average Bonchev–Trinajstić information content (AvgIpc) is 2.39. The average molecular weight is 279 g/mol. The van der Waals surface area contributed by atoms with Crippen LogP contribution < -0.4 is 4.74 Å². The number of pyridine rings is 1. The summed E-state index contributed by atoms with van der Waals surface area (Å²) in [4.78, 5) is 25.5. The summed E-state index contributed by atoms with van der Waals surface area (Å²) in [5, 5.41) is 10.5. The zero-order valence-electron chi connectivity index (χ0n) is 9.45. The lowest BCUT2D eigenvalue weighted by molar-refractivity contribution is -0.384. The third kappa shape index (κ3) is 3.05. The van der Waals surface area contributed by atoms with Gasteiger partial charge in [0.05, 0.1) is 10.5 Å². The van der Waals surface area contributed by atoms with Crippen LogP contribution >= 0.6 is 11.6 Å². The number of hydrogen-bond donors (Lipinski definition) is 0. The number of nitrogens with zero attached hydrogens (tertiary/aromatic N) is 2. The van der Waals surface area contributed by atoms with E-state index in [1.165, 1.54) is 42.7 Å². The lowest BCUT2D eigenvalue weighted by atomic mass is 10.2. The number of rotatable bonds is 3. The van der Waals surface area contributed by atoms with Gasteiger partial charge in [0.2, 0.25) is 0 Å². The largest absolute Gasteiger partial charge is 0.423 e. The van der Waals surface area contributed by atoms with Crippen LogP contribution in [0.2, 0.25) is 5.02 Å². The van der Waals surface area contributed by atoms with Gasteiger partial charge in [0, 0.05) is 24.5 Å². The van der Waals surface area contributed by atoms with Crippen molar-refractivity contribution in [3.05, 3.63) is 63.4 Å². The first-order valence-electron chi connectivity index (χ1n) is 5.14. The van der Waals surface area contributed by atoms with Crippen LogP contribution in [0, 0.1) is 10.1 Å². The number of ether oxygens (including phenoxy) is 1. The lowest BCUT2D eigenvalue weighted by Crippen LogP contribution is -2.08. The van der Waals surface area contributed by atoms with Gasteiger partial charge in [0.25, 0.3) is 5.69 Å². The molecular weight excluding hydrogens is 272 g/mol. The Balaban J connectivity index is 2.19. The van der Waals surface area contributed by atoms with Gasteiger partial charge in [-0.15, -0.1) is 0 Å². The molecule has 0 atom stereocenters. The number of nitro benzene ring substituents is 1. The molecular formula is C12H7ClN2O4. The molecule has 0 saturated heterocycles. The highest BCUT2D eigenvalue weighted by atomic mass is 35.5. The highest BCUT2D eigenvalue weighted by molar-refractivity contribution is 6.32. The second-order valence-electron chi connectivity index (χ2n) is 3.50. The normalized spacial score (nSPS) is 9.95. The van der Waals surface area contributed by atoms with E-state index < -0.39 is 10.9 Å². The van der Waals surface area contributed by atoms with E-state index >= 15 is 0 Å². The van der Waals surface area contributed by atoms with Gasteiger partial charge in [-0.2, -0.15) is 0 Å². The SMILES string of the molecule is O=C(Oc1ccc([N+](=O)[O-])c(Cl)c1)c1ccncc1. The topological polar surface area (TPSA) is 82.3 Å². The molecule has 0 aliphatic rings. The predicted molar refractivity (Wildman–Crippen MR) is 67.3 cm³/mol. The van der Waals surface area contributed by atoms with Crippen molar-refractivity contribution in [3.8, 4) is 5.75 Å². The first kappa shape index (κ1) is 13.0. The fourth-order valence-electron chi connectivity index (χ4n) is 1.35. The molecule has 0 aliphatic carbocycles. The Morgan fingerprint density at radius 3 is 2.53 bits per heavy atom. The lowest BCUT2D eigenvalue weighted by Gasteiger charge is -2.04. The van der Waals surface area contributed by atoms with Gasteiger partial charge in [-0.1, -0.05) is 11.6 Å². The highest BCUT2D eigenvalue weighted by Gasteiger charge is 2.14. The van der Waals surface area contributed by atoms with E-state index in [4.69, 9.17) is 16.3 Å². The molecule has 0 aliphatic heterocycles. The van der Waals surface area contributed by atoms with Crippen molar-refractivity contribution in [1.29, 1.82) is 0 Å². The Labute approximate surface area is 112 Å². The molecule has 0 N–H and O–H groups in total. The minimum Gasteiger partial charge on any atom is -0.423 e. The van der Waals surface area contributed by atoms with Crippen LogP contribution in [0.4, 0.5) is 5.69 Å². The molecule has 1 aromatic carbocycles. The van der Waals surface area contributed by atoms with E-state index in [-0.39, 0.29) is 16.5 Å². The first-order valence-corrected chi connectivity index (χ1v) is 5.52. The Bertz CT molecular complexity index is 631. The zero-order valence-corrected chi connectivity index (χ0v) is 10.2. The first-order chi connectivity index (χ1) is 9.08. The van der Waals surface area contributed by atoms with E-state index in [1.54, 1.807) is 0 Å². The second kappa shape index (κ2) is 5.45. The van der Waals surface area contributed by atoms with Crippen LogP contribution in [0.25, 0.3) is 0 Å². The molecule has 6 nitrogen and oxygen atoms in total. The van der Waals surface area contributed by atoms with Crippen molar-refractivity contribution in [2.24, 2.45) is 0 Å². The molecule has 0 saturated carbocycles. The molecule has 0 fully saturated rings. The monoisotopic (exact) mass is 278 g/mol. The minimum atomic E-state index is -0.614. The van der Waals surface area contributed by atoms with Gasteiger partial charge in [-0.25, -0.2) is 4.79 Å². The fourth-order valence-corrected chi connectivity index (χ4v) is 1.59. The standard InChI is InChI=1S/C12H7ClN2O4/c13-10-7-9(1-2-11(10)15(17)18)19-12(16)8-3-5-14-6-4-8/h1-7H. The maximum atomic E-state index is 11.7. The summed E-state index contributed by atoms with van der Waals surface area (Å²) < 4.78 is 5.04. The van der Waals surface area contributed by atoms with E-state index in [0.717, 1.165) is 0 Å². The maximum Gasteiger partial charge on any atom is 0.343 e. The van der Waals surface area contributed by atoms with Crippen molar-refractivity contribution >= 4 is 23.3 Å². The van der Waals surface area contributed by atoms with Gasteiger partial charge < -0.3 is 4.74 Å². The number of carbonyl (C=O) groups is 1. The van der Waals surface area contributed by atoms with Gasteiger partial charge >= 0.3 is 5.97 Å². The van der Waals surface area contributed by atoms with Crippen LogP contribution in [0.1, 0.15) is 10.4 Å². The summed E-state index contributed by atoms with van der Waals surface area (Å²) in [6.45, 7) is 0. The molecule has 1 heterocycles. The van der Waals surface area contributed by atoms with Gasteiger partial charge in [0.1, 0.15) is 10.8 Å². The molecule has 19 heavy (non-hydrogen) atoms. The van der Waals surface area contributed by atoms with Crippen molar-refractivity contribution in [3.63, 3.8) is 0 Å². The molecule has 0 unspecified atom stereocenters. The summed E-state index contributed by atoms with van der Waals surface area (Å²) >= 11 is 5.71. The van der Waals surface area contributed by atoms with Crippen LogP contribution in [0.3, 0.4) is 0 Å². The number of halogens is 1. The predicted octanol–water partition coefficient (Wildman–Crippen LogP) is 2.86. The van der Waals surface area contributed by atoms with Gasteiger partial charge in [0.15, 0.2) is 0 Å². The van der Waals surface area contributed by atoms with E-state index in [9.17, 15) is 14.9 Å². The quantitative estimate of drug-likeness (QED) is 0.373. The third-order valence-corrected chi connectivity index (χ3v) is 2.55. The Hall–Kier alpha value is -2.47. The molecule has 0 bridgehead atoms. The Kier molecular flexibility index (Phi) is 3.72. The van der Waals surface area contributed by atoms with Crippen molar-refractivity contribution in [2.45, 2.75) is 0 Å². The summed E-state index contributed by atoms with van der Waals surface area (Å²) in [5.41, 5.74) is 0.0786. The highest BCUT2D eigenvalue weighted by Crippen LogP contribution is 2.28. The third-order valence-electron chi connectivity index (χ3n) is 2.24. The van der Waals surface area contributed by atoms with E-state index in [0.29, 0.717) is 5.56 Å². The van der Waals surface area contributed by atoms with Gasteiger partial charge in [-0.05, 0) is 18.2 Å². The summed E-state index contributed by atoms with van der Waals surface area (Å²) in [6.07, 6.45) is 2.92. The zero-order chi connectivity index (χ0) is 13.8.